The Balaban J connectivity index is 1.55. The summed E-state index contributed by atoms with van der Waals surface area (Å²) in [6.45, 7) is 4.33. The SMILES string of the molecule is CCOC(=O)C1CCCN(Cc2nnc(C(=O)Nc3ccc(OC)cc3)s2)C1. The summed E-state index contributed by atoms with van der Waals surface area (Å²) in [5, 5.41) is 12.0. The van der Waals surface area contributed by atoms with E-state index < -0.39 is 0 Å². The molecule has 1 fully saturated rings. The molecule has 1 aromatic heterocycles. The summed E-state index contributed by atoms with van der Waals surface area (Å²) >= 11 is 1.26. The summed E-state index contributed by atoms with van der Waals surface area (Å²) in [5.41, 5.74) is 0.663. The van der Waals surface area contributed by atoms with Crippen LogP contribution in [0.3, 0.4) is 0 Å². The first-order chi connectivity index (χ1) is 13.6. The van der Waals surface area contributed by atoms with Gasteiger partial charge >= 0.3 is 5.97 Å². The molecule has 9 heteroatoms. The van der Waals surface area contributed by atoms with Crippen LogP contribution in [0.15, 0.2) is 24.3 Å². The minimum atomic E-state index is -0.294. The number of hydrogen-bond donors (Lipinski definition) is 1. The predicted octanol–water partition coefficient (Wildman–Crippen LogP) is 2.57. The Kier molecular flexibility index (Phi) is 6.94. The van der Waals surface area contributed by atoms with E-state index in [1.54, 1.807) is 31.4 Å². The molecule has 28 heavy (non-hydrogen) atoms. The van der Waals surface area contributed by atoms with E-state index in [2.05, 4.69) is 20.4 Å². The molecule has 1 aliphatic rings. The van der Waals surface area contributed by atoms with Crippen LogP contribution in [0.5, 0.6) is 5.75 Å². The van der Waals surface area contributed by atoms with Crippen LogP contribution in [0.25, 0.3) is 0 Å². The van der Waals surface area contributed by atoms with Crippen molar-refractivity contribution in [1.29, 1.82) is 0 Å². The average molecular weight is 404 g/mol. The van der Waals surface area contributed by atoms with Crippen molar-refractivity contribution in [3.8, 4) is 5.75 Å². The van der Waals surface area contributed by atoms with Crippen LogP contribution >= 0.6 is 11.3 Å². The lowest BCUT2D eigenvalue weighted by molar-refractivity contribution is -0.150. The van der Waals surface area contributed by atoms with Crippen molar-refractivity contribution < 1.29 is 19.1 Å². The summed E-state index contributed by atoms with van der Waals surface area (Å²) < 4.78 is 10.2. The van der Waals surface area contributed by atoms with Crippen LogP contribution in [0.1, 0.15) is 34.6 Å². The number of carbonyl (C=O) groups is 2. The molecule has 0 aliphatic carbocycles. The number of piperidine rings is 1. The molecule has 0 bridgehead atoms. The molecule has 0 spiro atoms. The van der Waals surface area contributed by atoms with Crippen molar-refractivity contribution in [3.05, 3.63) is 34.3 Å². The number of benzene rings is 1. The van der Waals surface area contributed by atoms with Gasteiger partial charge in [-0.25, -0.2) is 0 Å². The second-order valence-electron chi connectivity index (χ2n) is 6.51. The lowest BCUT2D eigenvalue weighted by Gasteiger charge is -2.30. The molecule has 1 unspecified atom stereocenters. The minimum absolute atomic E-state index is 0.0977. The maximum atomic E-state index is 12.4. The van der Waals surface area contributed by atoms with Gasteiger partial charge < -0.3 is 14.8 Å². The molecule has 1 saturated heterocycles. The number of nitrogens with one attached hydrogen (secondary N) is 1. The number of likely N-dealkylation sites (tertiary alicyclic amines) is 1. The third-order valence-corrected chi connectivity index (χ3v) is 5.40. The molecule has 1 amide bonds. The largest absolute Gasteiger partial charge is 0.497 e. The molecule has 8 nitrogen and oxygen atoms in total. The van der Waals surface area contributed by atoms with Crippen molar-refractivity contribution in [1.82, 2.24) is 15.1 Å². The van der Waals surface area contributed by atoms with E-state index in [-0.39, 0.29) is 17.8 Å². The summed E-state index contributed by atoms with van der Waals surface area (Å²) in [7, 11) is 1.59. The van der Waals surface area contributed by atoms with Gasteiger partial charge in [0.1, 0.15) is 10.8 Å². The van der Waals surface area contributed by atoms with E-state index in [1.165, 1.54) is 11.3 Å². The van der Waals surface area contributed by atoms with Gasteiger partial charge in [0.25, 0.3) is 5.91 Å². The zero-order chi connectivity index (χ0) is 19.9. The fourth-order valence-corrected chi connectivity index (χ4v) is 3.89. The van der Waals surface area contributed by atoms with Crippen molar-refractivity contribution >= 4 is 28.9 Å². The van der Waals surface area contributed by atoms with Crippen LogP contribution < -0.4 is 10.1 Å². The molecular weight excluding hydrogens is 380 g/mol. The fraction of sp³-hybridized carbons (Fsp3) is 0.474. The third kappa shape index (κ3) is 5.26. The van der Waals surface area contributed by atoms with Gasteiger partial charge in [0.2, 0.25) is 5.01 Å². The number of hydrogen-bond acceptors (Lipinski definition) is 8. The number of ether oxygens (including phenoxy) is 2. The first-order valence-corrected chi connectivity index (χ1v) is 10.1. The highest BCUT2D eigenvalue weighted by atomic mass is 32.1. The number of esters is 1. The van der Waals surface area contributed by atoms with Gasteiger partial charge in [-0.2, -0.15) is 0 Å². The molecule has 3 rings (SSSR count). The van der Waals surface area contributed by atoms with Crippen LogP contribution in [0.2, 0.25) is 0 Å². The highest BCUT2D eigenvalue weighted by Crippen LogP contribution is 2.22. The van der Waals surface area contributed by atoms with Crippen LogP contribution in [0.4, 0.5) is 5.69 Å². The number of nitrogens with zero attached hydrogens (tertiary/aromatic N) is 3. The minimum Gasteiger partial charge on any atom is -0.497 e. The fourth-order valence-electron chi connectivity index (χ4n) is 3.11. The number of aromatic nitrogens is 2. The molecule has 1 aliphatic heterocycles. The number of rotatable bonds is 7. The lowest BCUT2D eigenvalue weighted by atomic mass is 9.98. The standard InChI is InChI=1S/C19H24N4O4S/c1-3-27-19(25)13-5-4-10-23(11-13)12-16-21-22-18(28-16)17(24)20-14-6-8-15(26-2)9-7-14/h6-9,13H,3-5,10-12H2,1-2H3,(H,20,24). The Morgan fingerprint density at radius 1 is 1.29 bits per heavy atom. The quantitative estimate of drug-likeness (QED) is 0.709. The summed E-state index contributed by atoms with van der Waals surface area (Å²) in [6, 6.07) is 7.08. The van der Waals surface area contributed by atoms with E-state index in [4.69, 9.17) is 9.47 Å². The number of methoxy groups -OCH3 is 1. The Labute approximate surface area is 167 Å². The normalized spacial score (nSPS) is 17.1. The van der Waals surface area contributed by atoms with E-state index in [1.807, 2.05) is 6.92 Å². The average Bonchev–Trinajstić information content (AvgIpc) is 3.17. The molecular formula is C19H24N4O4S. The van der Waals surface area contributed by atoms with Gasteiger partial charge in [-0.15, -0.1) is 10.2 Å². The van der Waals surface area contributed by atoms with Crippen LogP contribution in [0, 0.1) is 5.92 Å². The number of carbonyl (C=O) groups excluding carboxylic acids is 2. The highest BCUT2D eigenvalue weighted by Gasteiger charge is 2.27. The Morgan fingerprint density at radius 3 is 2.79 bits per heavy atom. The molecule has 2 aromatic rings. The monoisotopic (exact) mass is 404 g/mol. The third-order valence-electron chi connectivity index (χ3n) is 4.49. The smallest absolute Gasteiger partial charge is 0.310 e. The highest BCUT2D eigenvalue weighted by molar-refractivity contribution is 7.13. The van der Waals surface area contributed by atoms with Crippen LogP contribution in [-0.2, 0) is 16.1 Å². The van der Waals surface area contributed by atoms with Gasteiger partial charge in [0.15, 0.2) is 0 Å². The van der Waals surface area contributed by atoms with Crippen molar-refractivity contribution in [2.24, 2.45) is 5.92 Å². The van der Waals surface area contributed by atoms with E-state index >= 15 is 0 Å². The first-order valence-electron chi connectivity index (χ1n) is 9.25. The van der Waals surface area contributed by atoms with E-state index in [0.717, 1.165) is 30.1 Å². The molecule has 0 saturated carbocycles. The molecule has 0 radical (unpaired) electrons. The molecule has 1 aromatic carbocycles. The molecule has 2 heterocycles. The van der Waals surface area contributed by atoms with E-state index in [0.29, 0.717) is 30.4 Å². The zero-order valence-corrected chi connectivity index (χ0v) is 16.8. The molecule has 150 valence electrons. The number of anilines is 1. The molecule has 1 N–H and O–H groups in total. The summed E-state index contributed by atoms with van der Waals surface area (Å²) in [6.07, 6.45) is 1.79. The molecule has 1 atom stereocenters. The Bertz CT molecular complexity index is 809. The van der Waals surface area contributed by atoms with Gasteiger partial charge in [-0.3, -0.25) is 14.5 Å². The zero-order valence-electron chi connectivity index (χ0n) is 16.0. The summed E-state index contributed by atoms with van der Waals surface area (Å²) in [4.78, 5) is 26.5. The van der Waals surface area contributed by atoms with Gasteiger partial charge in [-0.1, -0.05) is 11.3 Å². The Morgan fingerprint density at radius 2 is 2.07 bits per heavy atom. The van der Waals surface area contributed by atoms with Gasteiger partial charge in [0, 0.05) is 12.2 Å². The van der Waals surface area contributed by atoms with Crippen molar-refractivity contribution in [2.75, 3.05) is 32.1 Å². The van der Waals surface area contributed by atoms with Crippen molar-refractivity contribution in [2.45, 2.75) is 26.3 Å². The van der Waals surface area contributed by atoms with Crippen LogP contribution in [-0.4, -0.2) is 53.8 Å². The van der Waals surface area contributed by atoms with Crippen molar-refractivity contribution in [3.63, 3.8) is 0 Å². The first kappa shape index (κ1) is 20.2. The predicted molar refractivity (Wildman–Crippen MR) is 105 cm³/mol. The lowest BCUT2D eigenvalue weighted by Crippen LogP contribution is -2.38. The maximum absolute atomic E-state index is 12.4. The second kappa shape index (κ2) is 9.61. The Hall–Kier alpha value is -2.52. The van der Waals surface area contributed by atoms with Gasteiger partial charge in [-0.05, 0) is 50.6 Å². The summed E-state index contributed by atoms with van der Waals surface area (Å²) in [5.74, 6) is 0.194. The number of amides is 1. The van der Waals surface area contributed by atoms with E-state index in [9.17, 15) is 9.59 Å². The topological polar surface area (TPSA) is 93.7 Å². The van der Waals surface area contributed by atoms with Gasteiger partial charge in [0.05, 0.1) is 26.2 Å². The second-order valence-corrected chi connectivity index (χ2v) is 7.57. The maximum Gasteiger partial charge on any atom is 0.310 e.